The summed E-state index contributed by atoms with van der Waals surface area (Å²) in [5.74, 6) is 0.0733. The molecule has 0 aromatic rings. The van der Waals surface area contributed by atoms with Gasteiger partial charge in [-0.05, 0) is 0 Å². The molecule has 0 aromatic carbocycles. The summed E-state index contributed by atoms with van der Waals surface area (Å²) in [6.45, 7) is 8.23. The van der Waals surface area contributed by atoms with Crippen molar-refractivity contribution < 1.29 is 14.3 Å². The average molecular weight is 384 g/mol. The Hall–Kier alpha value is -1.06. The van der Waals surface area contributed by atoms with Crippen molar-refractivity contribution >= 4 is 26.8 Å². The molecule has 4 nitrogen and oxygen atoms in total. The van der Waals surface area contributed by atoms with Crippen LogP contribution in [0.5, 0.6) is 0 Å². The summed E-state index contributed by atoms with van der Waals surface area (Å²) in [5.41, 5.74) is 0.898. The molecule has 1 aliphatic carbocycles. The van der Waals surface area contributed by atoms with Crippen molar-refractivity contribution in [3.8, 4) is 0 Å². The zero-order valence-corrected chi connectivity index (χ0v) is 16.2. The Morgan fingerprint density at radius 1 is 1.35 bits per heavy atom. The number of allylic oxidation sites excluding steroid dienone is 3. The van der Waals surface area contributed by atoms with Crippen molar-refractivity contribution in [2.45, 2.75) is 75.3 Å². The predicted octanol–water partition coefficient (Wildman–Crippen LogP) is 3.13. The first-order chi connectivity index (χ1) is 10.9. The molecule has 5 heteroatoms. The number of hydrogen-bond donors (Lipinski definition) is 0. The van der Waals surface area contributed by atoms with Gasteiger partial charge in [-0.25, -0.2) is 0 Å². The van der Waals surface area contributed by atoms with Gasteiger partial charge in [-0.2, -0.15) is 0 Å². The molecule has 2 aliphatic rings. The van der Waals surface area contributed by atoms with Crippen LogP contribution in [0.3, 0.4) is 0 Å². The minimum atomic E-state index is -0.0725. The second-order valence-corrected chi connectivity index (χ2v) is 9.13. The van der Waals surface area contributed by atoms with Crippen molar-refractivity contribution in [2.24, 2.45) is 0 Å². The zero-order valence-electron chi connectivity index (χ0n) is 14.5. The van der Waals surface area contributed by atoms with Gasteiger partial charge >= 0.3 is 145 Å². The average Bonchev–Trinajstić information content (AvgIpc) is 2.92. The molecule has 128 valence electrons. The number of rotatable bonds is 6. The molecule has 0 bridgehead atoms. The second-order valence-electron chi connectivity index (χ2n) is 6.66. The van der Waals surface area contributed by atoms with Crippen molar-refractivity contribution in [1.82, 2.24) is 4.90 Å². The van der Waals surface area contributed by atoms with Gasteiger partial charge in [-0.1, -0.05) is 0 Å². The number of nitrogens with zero attached hydrogens (tertiary/aromatic N) is 1. The number of carbonyl (C=O) groups excluding carboxylic acids is 2. The third-order valence-corrected chi connectivity index (χ3v) is 6.93. The number of cyclic esters (lactones) is 1. The van der Waals surface area contributed by atoms with Gasteiger partial charge in [-0.3, -0.25) is 0 Å². The molecule has 0 aromatic heterocycles. The number of carbonyl (C=O) groups is 2. The molecule has 23 heavy (non-hydrogen) atoms. The quantitative estimate of drug-likeness (QED) is 0.522. The van der Waals surface area contributed by atoms with Gasteiger partial charge in [0.2, 0.25) is 0 Å². The molecule has 2 unspecified atom stereocenters. The summed E-state index contributed by atoms with van der Waals surface area (Å²) in [6, 6.07) is 0.382. The summed E-state index contributed by atoms with van der Waals surface area (Å²) in [4.78, 5) is 26.4. The molecule has 1 saturated heterocycles. The summed E-state index contributed by atoms with van der Waals surface area (Å²) in [7, 11) is 0. The fourth-order valence-electron chi connectivity index (χ4n) is 3.12. The fourth-order valence-corrected chi connectivity index (χ4v) is 5.67. The van der Waals surface area contributed by atoms with E-state index in [9.17, 15) is 9.59 Å². The Bertz CT molecular complexity index is 502. The minimum absolute atomic E-state index is 0.0490. The topological polar surface area (TPSA) is 46.6 Å². The van der Waals surface area contributed by atoms with Gasteiger partial charge in [0, 0.05) is 0 Å². The van der Waals surface area contributed by atoms with Crippen LogP contribution in [0.2, 0.25) is 10.1 Å². The van der Waals surface area contributed by atoms with Crippen LogP contribution in [-0.2, 0) is 14.3 Å². The SMILES string of the molecule is CC(C)N(C(=O)C1=CC=CC1[Se]CC1CCCC(=O)O1)C(C)C. The Kier molecular flexibility index (Phi) is 6.49. The van der Waals surface area contributed by atoms with Gasteiger partial charge in [0.05, 0.1) is 0 Å². The van der Waals surface area contributed by atoms with Gasteiger partial charge < -0.3 is 0 Å². The predicted molar refractivity (Wildman–Crippen MR) is 92.4 cm³/mol. The molecule has 1 fully saturated rings. The standard InChI is InChI=1S/C18H27NO3Se/c1-12(2)19(13(3)4)18(21)15-8-6-9-16(15)23-11-14-7-5-10-17(20)22-14/h6,8-9,12-14,16H,5,7,10-11H2,1-4H3. The second kappa shape index (κ2) is 8.16. The van der Waals surface area contributed by atoms with Gasteiger partial charge in [-0.15, -0.1) is 0 Å². The Balaban J connectivity index is 1.95. The maximum atomic E-state index is 12.9. The van der Waals surface area contributed by atoms with Crippen LogP contribution in [0.4, 0.5) is 0 Å². The zero-order chi connectivity index (χ0) is 17.0. The Labute approximate surface area is 145 Å². The normalized spacial score (nSPS) is 24.1. The van der Waals surface area contributed by atoms with Crippen molar-refractivity contribution in [2.75, 3.05) is 0 Å². The van der Waals surface area contributed by atoms with E-state index in [1.54, 1.807) is 0 Å². The molecule has 0 N–H and O–H groups in total. The number of amides is 1. The van der Waals surface area contributed by atoms with E-state index in [2.05, 4.69) is 33.8 Å². The molecule has 1 amide bonds. The van der Waals surface area contributed by atoms with E-state index in [4.69, 9.17) is 4.74 Å². The molecule has 0 spiro atoms. The first-order valence-electron chi connectivity index (χ1n) is 8.42. The van der Waals surface area contributed by atoms with Crippen molar-refractivity contribution in [3.63, 3.8) is 0 Å². The number of esters is 1. The molecular formula is C18H27NO3Se. The number of hydrogen-bond acceptors (Lipinski definition) is 3. The van der Waals surface area contributed by atoms with E-state index in [1.807, 2.05) is 17.1 Å². The Morgan fingerprint density at radius 3 is 2.65 bits per heavy atom. The fraction of sp³-hybridized carbons (Fsp3) is 0.667. The molecule has 1 aliphatic heterocycles. The van der Waals surface area contributed by atoms with Gasteiger partial charge in [0.1, 0.15) is 0 Å². The monoisotopic (exact) mass is 385 g/mol. The summed E-state index contributed by atoms with van der Waals surface area (Å²) in [6.07, 6.45) is 8.56. The van der Waals surface area contributed by atoms with Crippen LogP contribution >= 0.6 is 0 Å². The van der Waals surface area contributed by atoms with Crippen molar-refractivity contribution in [1.29, 1.82) is 0 Å². The van der Waals surface area contributed by atoms with E-state index in [1.165, 1.54) is 0 Å². The van der Waals surface area contributed by atoms with E-state index in [0.717, 1.165) is 23.7 Å². The third-order valence-electron chi connectivity index (χ3n) is 4.13. The Morgan fingerprint density at radius 2 is 2.04 bits per heavy atom. The molecule has 2 atom stereocenters. The molecule has 1 heterocycles. The van der Waals surface area contributed by atoms with E-state index in [0.29, 0.717) is 6.42 Å². The van der Waals surface area contributed by atoms with Crippen LogP contribution in [0.1, 0.15) is 47.0 Å². The number of ether oxygens (including phenoxy) is 1. The maximum absolute atomic E-state index is 12.9. The van der Waals surface area contributed by atoms with E-state index < -0.39 is 0 Å². The van der Waals surface area contributed by atoms with E-state index in [-0.39, 0.29) is 49.8 Å². The third kappa shape index (κ3) is 4.71. The van der Waals surface area contributed by atoms with Crippen LogP contribution in [0.15, 0.2) is 23.8 Å². The summed E-state index contributed by atoms with van der Waals surface area (Å²) >= 11 is 0.233. The molecule has 0 radical (unpaired) electrons. The first kappa shape index (κ1) is 18.3. The van der Waals surface area contributed by atoms with Crippen LogP contribution in [-0.4, -0.2) is 49.9 Å². The molecular weight excluding hydrogens is 357 g/mol. The van der Waals surface area contributed by atoms with E-state index >= 15 is 0 Å². The molecule has 2 rings (SSSR count). The van der Waals surface area contributed by atoms with Gasteiger partial charge in [0.25, 0.3) is 0 Å². The van der Waals surface area contributed by atoms with Crippen LogP contribution in [0, 0.1) is 0 Å². The van der Waals surface area contributed by atoms with Gasteiger partial charge in [0.15, 0.2) is 0 Å². The van der Waals surface area contributed by atoms with Crippen molar-refractivity contribution in [3.05, 3.63) is 23.8 Å². The summed E-state index contributed by atoms with van der Waals surface area (Å²) < 4.78 is 5.40. The summed E-state index contributed by atoms with van der Waals surface area (Å²) in [5, 5.41) is 0.891. The van der Waals surface area contributed by atoms with Crippen LogP contribution in [0.25, 0.3) is 0 Å². The molecule has 0 saturated carbocycles. The first-order valence-corrected chi connectivity index (χ1v) is 10.6. The van der Waals surface area contributed by atoms with Crippen LogP contribution < -0.4 is 0 Å².